The molecule has 3 aliphatic rings. The highest BCUT2D eigenvalue weighted by atomic mass is 16.9. The summed E-state index contributed by atoms with van der Waals surface area (Å²) in [6.07, 6.45) is 18.0. The van der Waals surface area contributed by atoms with Gasteiger partial charge in [-0.25, -0.2) is 0 Å². The van der Waals surface area contributed by atoms with Crippen LogP contribution in [-0.2, 0) is 33.2 Å². The number of hydrogen-bond donors (Lipinski definition) is 0. The molecule has 0 aromatic carbocycles. The third-order valence-electron chi connectivity index (χ3n) is 7.64. The third kappa shape index (κ3) is 10.4. The van der Waals surface area contributed by atoms with Crippen LogP contribution in [0.4, 0.5) is 0 Å². The first-order chi connectivity index (χ1) is 17.7. The maximum Gasteiger partial charge on any atom is 0.305 e. The molecule has 0 amide bonds. The first-order valence-corrected chi connectivity index (χ1v) is 15.2. The van der Waals surface area contributed by atoms with Crippen LogP contribution in [-0.4, -0.2) is 54.9 Å². The standard InChI is InChI=1S/C30H54O7/c1-6-7-8-9-10-11-12-13-14-15-16-17-18-19-20-21-24(31)32-22-23-25-26(35-29(2,3)34-25)27-28(33-23)37-30(4,5)36-27/h23,25-28H,6-22H2,1-5H3/t23-,25+,26-,27+,28+/m0/s1. The summed E-state index contributed by atoms with van der Waals surface area (Å²) in [6, 6.07) is 0. The van der Waals surface area contributed by atoms with Gasteiger partial charge in [0.05, 0.1) is 0 Å². The Bertz CT molecular complexity index is 664. The minimum absolute atomic E-state index is 0.130. The first-order valence-electron chi connectivity index (χ1n) is 15.2. The van der Waals surface area contributed by atoms with Gasteiger partial charge in [0, 0.05) is 6.42 Å². The fourth-order valence-electron chi connectivity index (χ4n) is 5.72. The zero-order valence-electron chi connectivity index (χ0n) is 24.3. The van der Waals surface area contributed by atoms with Crippen LogP contribution in [0.25, 0.3) is 0 Å². The van der Waals surface area contributed by atoms with E-state index in [1.54, 1.807) is 0 Å². The largest absolute Gasteiger partial charge is 0.463 e. The quantitative estimate of drug-likeness (QED) is 0.138. The summed E-state index contributed by atoms with van der Waals surface area (Å²) in [5, 5.41) is 0. The zero-order chi connectivity index (χ0) is 26.7. The maximum absolute atomic E-state index is 12.4. The van der Waals surface area contributed by atoms with Gasteiger partial charge in [-0.2, -0.15) is 0 Å². The van der Waals surface area contributed by atoms with Crippen LogP contribution in [0.15, 0.2) is 0 Å². The van der Waals surface area contributed by atoms with Crippen molar-refractivity contribution >= 4 is 5.97 Å². The molecule has 216 valence electrons. The van der Waals surface area contributed by atoms with E-state index in [1.165, 1.54) is 83.5 Å². The SMILES string of the molecule is CCCCCCCCCCCCCCCCCC(=O)OC[C@@H]1O[C@@H]2OC(C)(C)O[C@@H]2[C@H]2OC(C)(C)O[C@@H]21. The van der Waals surface area contributed by atoms with Crippen LogP contribution < -0.4 is 0 Å². The number of ether oxygens (including phenoxy) is 6. The molecule has 0 unspecified atom stereocenters. The van der Waals surface area contributed by atoms with Gasteiger partial charge in [-0.3, -0.25) is 4.79 Å². The number of fused-ring (bicyclic) bond motifs is 3. The van der Waals surface area contributed by atoms with Crippen molar-refractivity contribution in [1.82, 2.24) is 0 Å². The molecular weight excluding hydrogens is 472 g/mol. The number of carbonyl (C=O) groups is 1. The van der Waals surface area contributed by atoms with Crippen LogP contribution in [0.1, 0.15) is 137 Å². The minimum Gasteiger partial charge on any atom is -0.463 e. The Morgan fingerprint density at radius 2 is 1.08 bits per heavy atom. The van der Waals surface area contributed by atoms with Crippen molar-refractivity contribution in [2.75, 3.05) is 6.61 Å². The lowest BCUT2D eigenvalue weighted by Crippen LogP contribution is -2.56. The average molecular weight is 527 g/mol. The van der Waals surface area contributed by atoms with Crippen molar-refractivity contribution < 1.29 is 33.2 Å². The highest BCUT2D eigenvalue weighted by Gasteiger charge is 2.60. The molecule has 0 spiro atoms. The monoisotopic (exact) mass is 526 g/mol. The van der Waals surface area contributed by atoms with Crippen molar-refractivity contribution in [3.05, 3.63) is 0 Å². The molecule has 3 aliphatic heterocycles. The maximum atomic E-state index is 12.4. The molecule has 3 heterocycles. The Morgan fingerprint density at radius 1 is 0.622 bits per heavy atom. The van der Waals surface area contributed by atoms with Crippen LogP contribution >= 0.6 is 0 Å². The second-order valence-electron chi connectivity index (χ2n) is 12.1. The molecule has 0 aromatic heterocycles. The summed E-state index contributed by atoms with van der Waals surface area (Å²) in [6.45, 7) is 9.87. The molecule has 7 heteroatoms. The lowest BCUT2D eigenvalue weighted by Gasteiger charge is -2.36. The van der Waals surface area contributed by atoms with Crippen molar-refractivity contribution in [2.24, 2.45) is 0 Å². The van der Waals surface area contributed by atoms with E-state index in [4.69, 9.17) is 28.4 Å². The summed E-state index contributed by atoms with van der Waals surface area (Å²) in [4.78, 5) is 12.4. The van der Waals surface area contributed by atoms with Gasteiger partial charge in [-0.15, -0.1) is 0 Å². The van der Waals surface area contributed by atoms with Gasteiger partial charge in [0.1, 0.15) is 31.0 Å². The van der Waals surface area contributed by atoms with E-state index in [9.17, 15) is 4.79 Å². The van der Waals surface area contributed by atoms with Crippen LogP contribution in [0, 0.1) is 0 Å². The van der Waals surface area contributed by atoms with Gasteiger partial charge < -0.3 is 28.4 Å². The molecule has 7 nitrogen and oxygen atoms in total. The number of hydrogen-bond acceptors (Lipinski definition) is 7. The van der Waals surface area contributed by atoms with E-state index in [-0.39, 0.29) is 30.9 Å². The van der Waals surface area contributed by atoms with E-state index < -0.39 is 24.0 Å². The van der Waals surface area contributed by atoms with Crippen LogP contribution in [0.5, 0.6) is 0 Å². The Kier molecular flexibility index (Phi) is 12.6. The number of unbranched alkanes of at least 4 members (excludes halogenated alkanes) is 14. The molecular formula is C30H54O7. The molecule has 0 saturated carbocycles. The van der Waals surface area contributed by atoms with E-state index in [2.05, 4.69) is 6.92 Å². The van der Waals surface area contributed by atoms with Crippen LogP contribution in [0.3, 0.4) is 0 Å². The number of rotatable bonds is 18. The predicted molar refractivity (Wildman–Crippen MR) is 143 cm³/mol. The lowest BCUT2D eigenvalue weighted by atomic mass is 9.99. The smallest absolute Gasteiger partial charge is 0.305 e. The third-order valence-corrected chi connectivity index (χ3v) is 7.64. The Hall–Kier alpha value is -0.730. The minimum atomic E-state index is -0.755. The lowest BCUT2D eigenvalue weighted by molar-refractivity contribution is -0.242. The Morgan fingerprint density at radius 3 is 1.65 bits per heavy atom. The molecule has 3 fully saturated rings. The molecule has 5 atom stereocenters. The molecule has 3 saturated heterocycles. The molecule has 0 aromatic rings. The molecule has 37 heavy (non-hydrogen) atoms. The summed E-state index contributed by atoms with van der Waals surface area (Å²) < 4.78 is 35.8. The van der Waals surface area contributed by atoms with Gasteiger partial charge >= 0.3 is 5.97 Å². The summed E-state index contributed by atoms with van der Waals surface area (Å²) in [7, 11) is 0. The molecule has 0 bridgehead atoms. The van der Waals surface area contributed by atoms with E-state index in [0.29, 0.717) is 6.42 Å². The Balaban J connectivity index is 1.20. The van der Waals surface area contributed by atoms with E-state index >= 15 is 0 Å². The zero-order valence-corrected chi connectivity index (χ0v) is 24.3. The first kappa shape index (κ1) is 30.8. The fraction of sp³-hybridized carbons (Fsp3) is 0.967. The summed E-state index contributed by atoms with van der Waals surface area (Å²) in [5.41, 5.74) is 0. The highest BCUT2D eigenvalue weighted by molar-refractivity contribution is 5.69. The molecule has 3 rings (SSSR count). The van der Waals surface area contributed by atoms with Gasteiger partial charge in [0.25, 0.3) is 0 Å². The van der Waals surface area contributed by atoms with E-state index in [1.807, 2.05) is 27.7 Å². The van der Waals surface area contributed by atoms with Crippen molar-refractivity contribution in [3.8, 4) is 0 Å². The fourth-order valence-corrected chi connectivity index (χ4v) is 5.72. The van der Waals surface area contributed by atoms with Gasteiger partial charge in [0.2, 0.25) is 0 Å². The topological polar surface area (TPSA) is 72.5 Å². The number of esters is 1. The van der Waals surface area contributed by atoms with Crippen molar-refractivity contribution in [3.63, 3.8) is 0 Å². The molecule has 0 N–H and O–H groups in total. The van der Waals surface area contributed by atoms with Crippen molar-refractivity contribution in [1.29, 1.82) is 0 Å². The predicted octanol–water partition coefficient (Wildman–Crippen LogP) is 7.19. The highest BCUT2D eigenvalue weighted by Crippen LogP contribution is 2.44. The summed E-state index contributed by atoms with van der Waals surface area (Å²) in [5.74, 6) is -1.69. The average Bonchev–Trinajstić information content (AvgIpc) is 3.33. The second-order valence-corrected chi connectivity index (χ2v) is 12.1. The van der Waals surface area contributed by atoms with E-state index in [0.717, 1.165) is 12.8 Å². The van der Waals surface area contributed by atoms with Gasteiger partial charge in [0.15, 0.2) is 17.9 Å². The normalized spacial score (nSPS) is 29.7. The van der Waals surface area contributed by atoms with Gasteiger partial charge in [-0.1, -0.05) is 96.8 Å². The van der Waals surface area contributed by atoms with Gasteiger partial charge in [-0.05, 0) is 34.1 Å². The molecule has 0 aliphatic carbocycles. The van der Waals surface area contributed by atoms with Crippen molar-refractivity contribution in [2.45, 2.75) is 180 Å². The number of carbonyl (C=O) groups excluding carboxylic acids is 1. The Labute approximate surface area is 225 Å². The second kappa shape index (κ2) is 15.2. The molecule has 0 radical (unpaired) electrons. The van der Waals surface area contributed by atoms with Crippen LogP contribution in [0.2, 0.25) is 0 Å². The summed E-state index contributed by atoms with van der Waals surface area (Å²) >= 11 is 0.